The van der Waals surface area contributed by atoms with E-state index in [1.54, 1.807) is 54.6 Å². The number of hydrogen-bond acceptors (Lipinski definition) is 5. The Morgan fingerprint density at radius 3 is 2.45 bits per heavy atom. The lowest BCUT2D eigenvalue weighted by molar-refractivity contribution is -0.126. The molecule has 3 N–H and O–H groups in total. The van der Waals surface area contributed by atoms with Gasteiger partial charge >= 0.3 is 5.97 Å². The van der Waals surface area contributed by atoms with E-state index in [0.717, 1.165) is 33.4 Å². The van der Waals surface area contributed by atoms with Gasteiger partial charge in [-0.15, -0.1) is 11.3 Å². The van der Waals surface area contributed by atoms with E-state index in [1.807, 2.05) is 36.4 Å². The third kappa shape index (κ3) is 5.69. The Labute approximate surface area is 227 Å². The highest BCUT2D eigenvalue weighted by Gasteiger charge is 2.21. The first-order valence-corrected chi connectivity index (χ1v) is 12.9. The van der Waals surface area contributed by atoms with Gasteiger partial charge in [0.1, 0.15) is 4.88 Å². The second kappa shape index (κ2) is 11.0. The van der Waals surface area contributed by atoms with Crippen LogP contribution in [-0.4, -0.2) is 11.9 Å². The summed E-state index contributed by atoms with van der Waals surface area (Å²) in [6.45, 7) is 0.183. The predicted octanol–water partition coefficient (Wildman–Crippen LogP) is 7.35. The van der Waals surface area contributed by atoms with Crippen molar-refractivity contribution in [1.29, 1.82) is 0 Å². The highest BCUT2D eigenvalue weighted by Crippen LogP contribution is 2.33. The van der Waals surface area contributed by atoms with Crippen LogP contribution in [0.3, 0.4) is 0 Å². The summed E-state index contributed by atoms with van der Waals surface area (Å²) in [7, 11) is 0. The van der Waals surface area contributed by atoms with Gasteiger partial charge in [0.15, 0.2) is 5.75 Å². The number of ether oxygens (including phenoxy) is 1. The highest BCUT2D eigenvalue weighted by molar-refractivity contribution is 7.20. The molecule has 0 saturated carbocycles. The summed E-state index contributed by atoms with van der Waals surface area (Å²) < 4.78 is 21.2. The second-order valence-electron chi connectivity index (χ2n) is 8.62. The summed E-state index contributed by atoms with van der Waals surface area (Å²) in [5.74, 6) is -1.05. The Morgan fingerprint density at radius 1 is 0.921 bits per heavy atom. The maximum absolute atomic E-state index is 15.0. The van der Waals surface area contributed by atoms with E-state index in [9.17, 15) is 14.0 Å². The van der Waals surface area contributed by atoms with Crippen molar-refractivity contribution in [2.24, 2.45) is 0 Å². The van der Waals surface area contributed by atoms with Crippen LogP contribution in [0.15, 0.2) is 97.1 Å². The lowest BCUT2D eigenvalue weighted by Gasteiger charge is -2.10. The van der Waals surface area contributed by atoms with Crippen molar-refractivity contribution < 1.29 is 18.7 Å². The third-order valence-electron chi connectivity index (χ3n) is 5.97. The summed E-state index contributed by atoms with van der Waals surface area (Å²) in [5, 5.41) is 3.92. The number of amides is 1. The first-order chi connectivity index (χ1) is 18.4. The maximum Gasteiger partial charge on any atom is 0.353 e. The molecule has 190 valence electrons. The largest absolute Gasteiger partial charge is 0.420 e. The monoisotopic (exact) mass is 544 g/mol. The van der Waals surface area contributed by atoms with E-state index in [0.29, 0.717) is 20.3 Å². The van der Waals surface area contributed by atoms with Gasteiger partial charge in [-0.2, -0.15) is 0 Å². The molecule has 1 amide bonds. The molecule has 0 aliphatic carbocycles. The number of thiophene rings is 1. The number of alkyl halides is 1. The Hall–Kier alpha value is -4.20. The molecule has 5 nitrogen and oxygen atoms in total. The predicted molar refractivity (Wildman–Crippen MR) is 150 cm³/mol. The first-order valence-electron chi connectivity index (χ1n) is 11.7. The zero-order valence-electron chi connectivity index (χ0n) is 20.0. The van der Waals surface area contributed by atoms with Crippen molar-refractivity contribution in [3.05, 3.63) is 118 Å². The minimum Gasteiger partial charge on any atom is -0.420 e. The fourth-order valence-corrected chi connectivity index (χ4v) is 5.04. The van der Waals surface area contributed by atoms with Crippen molar-refractivity contribution in [1.82, 2.24) is 5.32 Å². The van der Waals surface area contributed by atoms with E-state index in [4.69, 9.17) is 22.1 Å². The Balaban J connectivity index is 1.29. The van der Waals surface area contributed by atoms with Crippen molar-refractivity contribution >= 4 is 50.6 Å². The molecule has 0 spiro atoms. The number of nitrogens with two attached hydrogens (primary N) is 1. The fraction of sp³-hybridized carbons (Fsp3) is 0.0667. The van der Waals surface area contributed by atoms with Crippen LogP contribution in [0.2, 0.25) is 5.02 Å². The van der Waals surface area contributed by atoms with E-state index in [1.165, 1.54) is 6.07 Å². The smallest absolute Gasteiger partial charge is 0.353 e. The quantitative estimate of drug-likeness (QED) is 0.127. The SMILES string of the molecule is Nc1ccc(-c2ccccc2)cc1OC(=O)c1cc2ccc(C(F)C(=O)NCc3ccc(Cl)cc3)cc2s1. The summed E-state index contributed by atoms with van der Waals surface area (Å²) in [6.07, 6.45) is -1.86. The number of fused-ring (bicyclic) bond motifs is 1. The molecule has 1 heterocycles. The van der Waals surface area contributed by atoms with Crippen LogP contribution in [0.1, 0.15) is 27.0 Å². The van der Waals surface area contributed by atoms with E-state index >= 15 is 0 Å². The standard InChI is InChI=1S/C30H22ClFN2O3S/c31-23-11-6-18(7-12-23)17-34-29(35)28(32)22-9-8-21-15-27(38-26(21)16-22)30(36)37-25-14-20(10-13-24(25)33)19-4-2-1-3-5-19/h1-16,28H,17,33H2,(H,34,35). The van der Waals surface area contributed by atoms with Gasteiger partial charge in [0.05, 0.1) is 5.69 Å². The van der Waals surface area contributed by atoms with Gasteiger partial charge in [-0.25, -0.2) is 9.18 Å². The van der Waals surface area contributed by atoms with Crippen LogP contribution < -0.4 is 15.8 Å². The normalized spacial score (nSPS) is 11.7. The molecule has 5 aromatic rings. The molecule has 0 aliphatic heterocycles. The molecule has 1 unspecified atom stereocenters. The molecule has 4 aromatic carbocycles. The summed E-state index contributed by atoms with van der Waals surface area (Å²) in [4.78, 5) is 25.7. The zero-order chi connectivity index (χ0) is 26.6. The number of anilines is 1. The number of nitrogens with one attached hydrogen (secondary N) is 1. The van der Waals surface area contributed by atoms with Crippen molar-refractivity contribution in [3.8, 4) is 16.9 Å². The third-order valence-corrected chi connectivity index (χ3v) is 7.30. The Bertz CT molecular complexity index is 1620. The van der Waals surface area contributed by atoms with Gasteiger partial charge in [0.2, 0.25) is 6.17 Å². The topological polar surface area (TPSA) is 81.4 Å². The van der Waals surface area contributed by atoms with Gasteiger partial charge in [-0.1, -0.05) is 72.3 Å². The zero-order valence-corrected chi connectivity index (χ0v) is 21.6. The average Bonchev–Trinajstić information content (AvgIpc) is 3.37. The lowest BCUT2D eigenvalue weighted by Crippen LogP contribution is -2.26. The molecule has 0 aliphatic rings. The molecule has 0 fully saturated rings. The van der Waals surface area contributed by atoms with Gasteiger partial charge in [-0.3, -0.25) is 4.79 Å². The van der Waals surface area contributed by atoms with Gasteiger partial charge in [0.25, 0.3) is 5.91 Å². The maximum atomic E-state index is 15.0. The number of esters is 1. The van der Waals surface area contributed by atoms with E-state index in [2.05, 4.69) is 5.32 Å². The number of halogens is 2. The van der Waals surface area contributed by atoms with Crippen LogP contribution in [0.5, 0.6) is 5.75 Å². The van der Waals surface area contributed by atoms with E-state index in [-0.39, 0.29) is 17.9 Å². The second-order valence-corrected chi connectivity index (χ2v) is 10.1. The minimum atomic E-state index is -1.86. The highest BCUT2D eigenvalue weighted by atomic mass is 35.5. The van der Waals surface area contributed by atoms with Crippen LogP contribution in [0.4, 0.5) is 10.1 Å². The molecule has 0 radical (unpaired) electrons. The number of nitrogen functional groups attached to an aromatic ring is 1. The molecule has 0 saturated heterocycles. The summed E-state index contributed by atoms with van der Waals surface area (Å²) >= 11 is 7.03. The van der Waals surface area contributed by atoms with Crippen LogP contribution in [0.25, 0.3) is 21.2 Å². The lowest BCUT2D eigenvalue weighted by atomic mass is 10.1. The molecule has 5 rings (SSSR count). The Morgan fingerprint density at radius 2 is 1.68 bits per heavy atom. The molecular weight excluding hydrogens is 523 g/mol. The van der Waals surface area contributed by atoms with Crippen molar-refractivity contribution in [3.63, 3.8) is 0 Å². The molecule has 8 heteroatoms. The molecule has 1 atom stereocenters. The number of rotatable bonds is 7. The van der Waals surface area contributed by atoms with Crippen LogP contribution in [0, 0.1) is 0 Å². The number of carbonyl (C=O) groups is 2. The van der Waals surface area contributed by atoms with Gasteiger partial charge in [0, 0.05) is 16.3 Å². The first kappa shape index (κ1) is 25.4. The van der Waals surface area contributed by atoms with Crippen LogP contribution >= 0.6 is 22.9 Å². The number of benzene rings is 4. The molecule has 1 aromatic heterocycles. The molecular formula is C30H22ClFN2O3S. The van der Waals surface area contributed by atoms with Crippen molar-refractivity contribution in [2.75, 3.05) is 5.73 Å². The fourth-order valence-electron chi connectivity index (χ4n) is 3.92. The summed E-state index contributed by atoms with van der Waals surface area (Å²) in [5.41, 5.74) is 9.24. The van der Waals surface area contributed by atoms with Gasteiger partial charge in [-0.05, 0) is 64.0 Å². The number of hydrogen-bond donors (Lipinski definition) is 2. The average molecular weight is 545 g/mol. The van der Waals surface area contributed by atoms with Crippen molar-refractivity contribution in [2.45, 2.75) is 12.7 Å². The van der Waals surface area contributed by atoms with Crippen LogP contribution in [-0.2, 0) is 11.3 Å². The van der Waals surface area contributed by atoms with E-state index < -0.39 is 18.0 Å². The Kier molecular flexibility index (Phi) is 7.40. The summed E-state index contributed by atoms with van der Waals surface area (Å²) in [6, 6.07) is 28.4. The molecule has 38 heavy (non-hydrogen) atoms. The van der Waals surface area contributed by atoms with Gasteiger partial charge < -0.3 is 15.8 Å². The minimum absolute atomic E-state index is 0.183. The number of carbonyl (C=O) groups excluding carboxylic acids is 2. The molecule has 0 bridgehead atoms.